The van der Waals surface area contributed by atoms with E-state index < -0.39 is 12.1 Å². The molecule has 1 amide bonds. The number of allylic oxidation sites excluding steroid dienone is 5. The summed E-state index contributed by atoms with van der Waals surface area (Å²) < 4.78 is 5.50. The Bertz CT molecular complexity index is 1280. The van der Waals surface area contributed by atoms with Crippen molar-refractivity contribution in [2.24, 2.45) is 0 Å². The molecule has 0 radical (unpaired) electrons. The van der Waals surface area contributed by atoms with Crippen molar-refractivity contribution in [1.29, 1.82) is 0 Å². The fourth-order valence-electron chi connectivity index (χ4n) is 11.2. The molecule has 2 atom stereocenters. The molecule has 0 saturated carbocycles. The topological polar surface area (TPSA) is 95.9 Å². The molecule has 6 nitrogen and oxygen atoms in total. The van der Waals surface area contributed by atoms with Gasteiger partial charge in [0.2, 0.25) is 5.91 Å². The van der Waals surface area contributed by atoms with Crippen LogP contribution in [0.3, 0.4) is 0 Å². The highest BCUT2D eigenvalue weighted by Crippen LogP contribution is 2.18. The highest BCUT2D eigenvalue weighted by molar-refractivity contribution is 5.76. The average molecular weight is 1110 g/mol. The molecule has 2 unspecified atom stereocenters. The van der Waals surface area contributed by atoms with E-state index in [1.54, 1.807) is 6.08 Å². The molecule has 79 heavy (non-hydrogen) atoms. The Morgan fingerprint density at radius 2 is 0.595 bits per heavy atom. The summed E-state index contributed by atoms with van der Waals surface area (Å²) in [5.74, 6) is -0.0622. The maximum absolute atomic E-state index is 12.5. The highest BCUT2D eigenvalue weighted by Gasteiger charge is 2.18. The molecule has 0 rings (SSSR count). The van der Waals surface area contributed by atoms with Gasteiger partial charge in [0, 0.05) is 12.8 Å². The first-order valence-electron chi connectivity index (χ1n) is 35.8. The van der Waals surface area contributed by atoms with Gasteiger partial charge in [-0.2, -0.15) is 0 Å². The normalized spacial score (nSPS) is 12.7. The first-order valence-corrected chi connectivity index (χ1v) is 35.8. The third-order valence-corrected chi connectivity index (χ3v) is 16.6. The Labute approximate surface area is 494 Å². The van der Waals surface area contributed by atoms with E-state index in [1.807, 2.05) is 6.08 Å². The van der Waals surface area contributed by atoms with Gasteiger partial charge in [-0.1, -0.05) is 333 Å². The van der Waals surface area contributed by atoms with Crippen LogP contribution in [0.1, 0.15) is 393 Å². The first-order chi connectivity index (χ1) is 39.0. The van der Waals surface area contributed by atoms with Crippen LogP contribution >= 0.6 is 0 Å². The summed E-state index contributed by atoms with van der Waals surface area (Å²) in [4.78, 5) is 24.6. The van der Waals surface area contributed by atoms with E-state index in [9.17, 15) is 19.8 Å². The van der Waals surface area contributed by atoms with Gasteiger partial charge in [0.25, 0.3) is 0 Å². The minimum absolute atomic E-state index is 0.00870. The SMILES string of the molecule is CCCCCCCCC/C=C\CCCCCCCCCC(=O)OCCCCCCCCCCCCCC/C=C\CCCCCCCCCC(=O)NC(CO)C(O)/C=C/CCCCCCCCCCCCCCCCCCCCC. The van der Waals surface area contributed by atoms with E-state index in [1.165, 1.54) is 315 Å². The van der Waals surface area contributed by atoms with Crippen molar-refractivity contribution >= 4 is 11.9 Å². The van der Waals surface area contributed by atoms with Crippen molar-refractivity contribution < 1.29 is 24.5 Å². The van der Waals surface area contributed by atoms with E-state index in [4.69, 9.17) is 4.74 Å². The van der Waals surface area contributed by atoms with E-state index in [2.05, 4.69) is 43.5 Å². The minimum atomic E-state index is -0.850. The number of carbonyl (C=O) groups is 2. The molecule has 0 bridgehead atoms. The molecule has 0 aromatic rings. The predicted octanol–water partition coefficient (Wildman–Crippen LogP) is 23.1. The van der Waals surface area contributed by atoms with E-state index in [-0.39, 0.29) is 18.5 Å². The molecule has 0 saturated heterocycles. The smallest absolute Gasteiger partial charge is 0.305 e. The molecule has 0 aliphatic rings. The lowest BCUT2D eigenvalue weighted by Gasteiger charge is -2.20. The Kier molecular flexibility index (Phi) is 66.9. The molecule has 6 heteroatoms. The number of carbonyl (C=O) groups excluding carboxylic acids is 2. The van der Waals surface area contributed by atoms with Gasteiger partial charge in [-0.25, -0.2) is 0 Å². The third-order valence-electron chi connectivity index (χ3n) is 16.6. The summed E-state index contributed by atoms with van der Waals surface area (Å²) in [7, 11) is 0. The number of esters is 1. The van der Waals surface area contributed by atoms with Crippen LogP contribution in [0.5, 0.6) is 0 Å². The zero-order valence-electron chi connectivity index (χ0n) is 53.4. The number of hydrogen-bond acceptors (Lipinski definition) is 5. The standard InChI is InChI=1S/C73H139NO5/c1-3-5-7-9-11-13-15-17-19-21-23-27-30-33-37-41-45-49-53-57-61-65-71(76)70(69-75)74-72(77)66-62-58-54-50-46-42-38-34-31-28-25-24-26-29-32-36-40-44-48-52-56-60-64-68-79-73(78)67-63-59-55-51-47-43-39-35-22-20-18-16-14-12-10-8-6-4-2/h20,22,28,31,61,65,70-71,75-76H,3-19,21,23-27,29-30,32-60,62-64,66-69H2,1-2H3,(H,74,77)/b22-20-,31-28-,65-61+. The van der Waals surface area contributed by atoms with Crippen LogP contribution in [0, 0.1) is 0 Å². The second kappa shape index (κ2) is 68.6. The van der Waals surface area contributed by atoms with Gasteiger partial charge in [-0.05, 0) is 83.5 Å². The molecule has 0 aromatic carbocycles. The van der Waals surface area contributed by atoms with Crippen molar-refractivity contribution in [3.05, 3.63) is 36.5 Å². The summed E-state index contributed by atoms with van der Waals surface area (Å²) in [6.45, 7) is 4.93. The predicted molar refractivity (Wildman–Crippen MR) is 347 cm³/mol. The van der Waals surface area contributed by atoms with Gasteiger partial charge in [0.15, 0.2) is 0 Å². The summed E-state index contributed by atoms with van der Waals surface area (Å²) in [5, 5.41) is 23.2. The lowest BCUT2D eigenvalue weighted by molar-refractivity contribution is -0.143. The van der Waals surface area contributed by atoms with Crippen LogP contribution in [0.15, 0.2) is 36.5 Å². The first kappa shape index (κ1) is 77.1. The van der Waals surface area contributed by atoms with E-state index >= 15 is 0 Å². The molecule has 466 valence electrons. The number of nitrogens with one attached hydrogen (secondary N) is 1. The second-order valence-corrected chi connectivity index (χ2v) is 24.6. The fraction of sp³-hybridized carbons (Fsp3) is 0.890. The van der Waals surface area contributed by atoms with Crippen molar-refractivity contribution in [2.45, 2.75) is 405 Å². The summed E-state index contributed by atoms with van der Waals surface area (Å²) >= 11 is 0. The van der Waals surface area contributed by atoms with Crippen LogP contribution in [-0.4, -0.2) is 47.4 Å². The number of rotatable bonds is 67. The molecule has 0 aliphatic carbocycles. The van der Waals surface area contributed by atoms with Crippen LogP contribution in [0.2, 0.25) is 0 Å². The van der Waals surface area contributed by atoms with Gasteiger partial charge in [0.05, 0.1) is 25.4 Å². The zero-order valence-corrected chi connectivity index (χ0v) is 53.4. The summed E-state index contributed by atoms with van der Waals surface area (Å²) in [6.07, 6.45) is 87.9. The van der Waals surface area contributed by atoms with E-state index in [0.717, 1.165) is 51.4 Å². The number of amides is 1. The Hall–Kier alpha value is -1.92. The molecular formula is C73H139NO5. The lowest BCUT2D eigenvalue weighted by Crippen LogP contribution is -2.45. The van der Waals surface area contributed by atoms with Gasteiger partial charge in [0.1, 0.15) is 0 Å². The van der Waals surface area contributed by atoms with E-state index in [0.29, 0.717) is 19.4 Å². The van der Waals surface area contributed by atoms with Crippen molar-refractivity contribution in [3.8, 4) is 0 Å². The highest BCUT2D eigenvalue weighted by atomic mass is 16.5. The number of ether oxygens (including phenoxy) is 1. The monoisotopic (exact) mass is 1110 g/mol. The number of aliphatic hydroxyl groups excluding tert-OH is 2. The van der Waals surface area contributed by atoms with Gasteiger partial charge in [-0.3, -0.25) is 9.59 Å². The van der Waals surface area contributed by atoms with Crippen molar-refractivity contribution in [1.82, 2.24) is 5.32 Å². The molecule has 0 fully saturated rings. The largest absolute Gasteiger partial charge is 0.466 e. The van der Waals surface area contributed by atoms with Crippen molar-refractivity contribution in [3.63, 3.8) is 0 Å². The summed E-state index contributed by atoms with van der Waals surface area (Å²) in [6, 6.07) is -0.634. The molecule has 3 N–H and O–H groups in total. The molecule has 0 aliphatic heterocycles. The van der Waals surface area contributed by atoms with Crippen LogP contribution in [-0.2, 0) is 14.3 Å². The van der Waals surface area contributed by atoms with Gasteiger partial charge >= 0.3 is 5.97 Å². The maximum Gasteiger partial charge on any atom is 0.305 e. The molecule has 0 aromatic heterocycles. The van der Waals surface area contributed by atoms with Gasteiger partial charge in [-0.15, -0.1) is 0 Å². The lowest BCUT2D eigenvalue weighted by atomic mass is 10.0. The quantitative estimate of drug-likeness (QED) is 0.0320. The Morgan fingerprint density at radius 1 is 0.342 bits per heavy atom. The maximum atomic E-state index is 12.5. The molecular weight excluding hydrogens is 971 g/mol. The number of unbranched alkanes of at least 4 members (excludes halogenated alkanes) is 52. The molecule has 0 spiro atoms. The third kappa shape index (κ3) is 65.1. The average Bonchev–Trinajstić information content (AvgIpc) is 3.45. The zero-order chi connectivity index (χ0) is 57.1. The summed E-state index contributed by atoms with van der Waals surface area (Å²) in [5.41, 5.74) is 0. The van der Waals surface area contributed by atoms with Crippen molar-refractivity contribution in [2.75, 3.05) is 13.2 Å². The van der Waals surface area contributed by atoms with Crippen LogP contribution < -0.4 is 5.32 Å². The molecule has 0 heterocycles. The number of aliphatic hydroxyl groups is 2. The van der Waals surface area contributed by atoms with Crippen LogP contribution in [0.4, 0.5) is 0 Å². The Balaban J connectivity index is 3.43. The fourth-order valence-corrected chi connectivity index (χ4v) is 11.2. The second-order valence-electron chi connectivity index (χ2n) is 24.6. The Morgan fingerprint density at radius 3 is 0.899 bits per heavy atom. The number of hydrogen-bond donors (Lipinski definition) is 3. The van der Waals surface area contributed by atoms with Gasteiger partial charge < -0.3 is 20.3 Å². The van der Waals surface area contributed by atoms with Crippen LogP contribution in [0.25, 0.3) is 0 Å². The minimum Gasteiger partial charge on any atom is -0.466 e.